The van der Waals surface area contributed by atoms with Crippen LogP contribution in [-0.4, -0.2) is 27.5 Å². The minimum Gasteiger partial charge on any atom is -0.496 e. The Hall–Kier alpha value is -2.65. The van der Waals surface area contributed by atoms with Gasteiger partial charge in [0, 0.05) is 0 Å². The highest BCUT2D eigenvalue weighted by molar-refractivity contribution is 7.99. The van der Waals surface area contributed by atoms with Gasteiger partial charge in [0.2, 0.25) is 5.89 Å². The van der Waals surface area contributed by atoms with E-state index in [0.717, 1.165) is 10.4 Å². The third kappa shape index (κ3) is 3.35. The van der Waals surface area contributed by atoms with E-state index >= 15 is 0 Å². The van der Waals surface area contributed by atoms with Crippen molar-refractivity contribution in [2.24, 2.45) is 0 Å². The highest BCUT2D eigenvalue weighted by atomic mass is 32.2. The molecule has 26 heavy (non-hydrogen) atoms. The van der Waals surface area contributed by atoms with Gasteiger partial charge in [-0.15, -0.1) is 31.7 Å². The van der Waals surface area contributed by atoms with Gasteiger partial charge in [0.25, 0.3) is 17.0 Å². The van der Waals surface area contributed by atoms with Crippen molar-refractivity contribution in [3.63, 3.8) is 0 Å². The zero-order valence-electron chi connectivity index (χ0n) is 13.9. The summed E-state index contributed by atoms with van der Waals surface area (Å²) < 4.78 is 16.8. The van der Waals surface area contributed by atoms with Crippen molar-refractivity contribution < 1.29 is 13.6 Å². The van der Waals surface area contributed by atoms with Gasteiger partial charge in [-0.2, -0.15) is 0 Å². The molecule has 0 saturated heterocycles. The van der Waals surface area contributed by atoms with Gasteiger partial charge in [-0.05, 0) is 30.5 Å². The molecule has 1 unspecified atom stereocenters. The van der Waals surface area contributed by atoms with E-state index in [-0.39, 0.29) is 5.25 Å². The molecule has 3 heterocycles. The molecule has 0 amide bonds. The first-order valence-electron chi connectivity index (χ1n) is 7.75. The number of benzene rings is 1. The highest BCUT2D eigenvalue weighted by Crippen LogP contribution is 2.37. The molecule has 9 heteroatoms. The third-order valence-corrected chi connectivity index (χ3v) is 5.32. The maximum atomic E-state index is 5.76. The molecule has 0 aliphatic carbocycles. The fourth-order valence-corrected chi connectivity index (χ4v) is 3.65. The van der Waals surface area contributed by atoms with Crippen molar-refractivity contribution in [3.05, 3.63) is 47.7 Å². The van der Waals surface area contributed by atoms with Crippen LogP contribution in [0.1, 0.15) is 18.1 Å². The Balaban J connectivity index is 1.50. The number of ether oxygens (including phenoxy) is 1. The van der Waals surface area contributed by atoms with E-state index in [0.29, 0.717) is 28.6 Å². The van der Waals surface area contributed by atoms with Gasteiger partial charge < -0.3 is 13.6 Å². The Kier molecular flexibility index (Phi) is 4.72. The Morgan fingerprint density at radius 3 is 2.65 bits per heavy atom. The number of thiophene rings is 1. The predicted octanol–water partition coefficient (Wildman–Crippen LogP) is 4.71. The monoisotopic (exact) mass is 386 g/mol. The van der Waals surface area contributed by atoms with Crippen molar-refractivity contribution in [2.75, 3.05) is 7.11 Å². The second kappa shape index (κ2) is 7.30. The molecule has 0 aliphatic heterocycles. The number of hydrogen-bond acceptors (Lipinski definition) is 9. The summed E-state index contributed by atoms with van der Waals surface area (Å²) in [5.74, 6) is 2.11. The average Bonchev–Trinajstić information content (AvgIpc) is 3.41. The number of para-hydroxylation sites is 1. The molecule has 4 aromatic rings. The van der Waals surface area contributed by atoms with E-state index in [9.17, 15) is 0 Å². The maximum absolute atomic E-state index is 5.76. The second-order valence-electron chi connectivity index (χ2n) is 5.26. The van der Waals surface area contributed by atoms with Crippen molar-refractivity contribution in [1.29, 1.82) is 0 Å². The predicted molar refractivity (Wildman–Crippen MR) is 98.2 cm³/mol. The molecular formula is C17H14N4O3S2. The molecule has 7 nitrogen and oxygen atoms in total. The lowest BCUT2D eigenvalue weighted by atomic mass is 10.2. The molecule has 0 aliphatic rings. The van der Waals surface area contributed by atoms with E-state index in [4.69, 9.17) is 13.6 Å². The number of aromatic nitrogens is 4. The Morgan fingerprint density at radius 2 is 1.85 bits per heavy atom. The normalized spacial score (nSPS) is 12.2. The largest absolute Gasteiger partial charge is 0.496 e. The Morgan fingerprint density at radius 1 is 1.00 bits per heavy atom. The fraction of sp³-hybridized carbons (Fsp3) is 0.176. The smallest absolute Gasteiger partial charge is 0.277 e. The molecule has 132 valence electrons. The summed E-state index contributed by atoms with van der Waals surface area (Å²) in [7, 11) is 1.60. The van der Waals surface area contributed by atoms with Crippen molar-refractivity contribution in [3.8, 4) is 28.0 Å². The topological polar surface area (TPSA) is 87.1 Å². The van der Waals surface area contributed by atoms with Crippen LogP contribution in [0.2, 0.25) is 0 Å². The van der Waals surface area contributed by atoms with Crippen LogP contribution in [-0.2, 0) is 0 Å². The number of rotatable bonds is 6. The quantitative estimate of drug-likeness (QED) is 0.440. The summed E-state index contributed by atoms with van der Waals surface area (Å²) in [4.78, 5) is 0.942. The van der Waals surface area contributed by atoms with Crippen molar-refractivity contribution >= 4 is 23.1 Å². The zero-order valence-corrected chi connectivity index (χ0v) is 15.6. The van der Waals surface area contributed by atoms with E-state index in [2.05, 4.69) is 20.4 Å². The van der Waals surface area contributed by atoms with Crippen LogP contribution in [0, 0.1) is 0 Å². The molecular weight excluding hydrogens is 372 g/mol. The summed E-state index contributed by atoms with van der Waals surface area (Å²) in [6.07, 6.45) is 0. The van der Waals surface area contributed by atoms with Crippen LogP contribution in [0.25, 0.3) is 22.2 Å². The molecule has 0 bridgehead atoms. The van der Waals surface area contributed by atoms with E-state index in [1.54, 1.807) is 18.4 Å². The molecule has 0 saturated carbocycles. The fourth-order valence-electron chi connectivity index (χ4n) is 2.29. The summed E-state index contributed by atoms with van der Waals surface area (Å²) >= 11 is 2.92. The third-order valence-electron chi connectivity index (χ3n) is 3.54. The summed E-state index contributed by atoms with van der Waals surface area (Å²) in [5, 5.41) is 18.7. The van der Waals surface area contributed by atoms with Crippen LogP contribution in [0.15, 0.2) is 55.8 Å². The van der Waals surface area contributed by atoms with Gasteiger partial charge in [-0.1, -0.05) is 30.0 Å². The number of nitrogens with zero attached hydrogens (tertiary/aromatic N) is 4. The van der Waals surface area contributed by atoms with Crippen molar-refractivity contribution in [1.82, 2.24) is 20.4 Å². The van der Waals surface area contributed by atoms with Gasteiger partial charge in [-0.25, -0.2) is 0 Å². The van der Waals surface area contributed by atoms with Gasteiger partial charge in [0.05, 0.1) is 22.8 Å². The summed E-state index contributed by atoms with van der Waals surface area (Å²) in [6.45, 7) is 1.95. The van der Waals surface area contributed by atoms with Gasteiger partial charge >= 0.3 is 0 Å². The van der Waals surface area contributed by atoms with Crippen LogP contribution in [0.4, 0.5) is 0 Å². The molecule has 0 fully saturated rings. The average molecular weight is 386 g/mol. The number of methoxy groups -OCH3 is 1. The minimum absolute atomic E-state index is 0.123. The summed E-state index contributed by atoms with van der Waals surface area (Å²) in [5.41, 5.74) is 0.750. The number of hydrogen-bond donors (Lipinski definition) is 0. The first kappa shape index (κ1) is 16.8. The maximum Gasteiger partial charge on any atom is 0.277 e. The highest BCUT2D eigenvalue weighted by Gasteiger charge is 2.20. The lowest BCUT2D eigenvalue weighted by Gasteiger charge is -2.03. The van der Waals surface area contributed by atoms with Crippen LogP contribution in [0.5, 0.6) is 5.75 Å². The minimum atomic E-state index is -0.123. The molecule has 3 aromatic heterocycles. The van der Waals surface area contributed by atoms with Crippen molar-refractivity contribution in [2.45, 2.75) is 17.4 Å². The lowest BCUT2D eigenvalue weighted by molar-refractivity contribution is 0.411. The number of thioether (sulfide) groups is 1. The van der Waals surface area contributed by atoms with E-state index < -0.39 is 0 Å². The van der Waals surface area contributed by atoms with E-state index in [1.165, 1.54) is 11.8 Å². The van der Waals surface area contributed by atoms with Gasteiger partial charge in [-0.3, -0.25) is 0 Å². The second-order valence-corrected chi connectivity index (χ2v) is 7.50. The first-order chi connectivity index (χ1) is 12.7. The van der Waals surface area contributed by atoms with Gasteiger partial charge in [0.1, 0.15) is 5.75 Å². The molecule has 1 atom stereocenters. The SMILES string of the molecule is COc1ccccc1-c1nnc(SC(C)c2nnc(-c3cccs3)o2)o1. The molecule has 0 spiro atoms. The Labute approximate surface area is 157 Å². The Bertz CT molecular complexity index is 997. The van der Waals surface area contributed by atoms with Crippen LogP contribution >= 0.6 is 23.1 Å². The lowest BCUT2D eigenvalue weighted by Crippen LogP contribution is -1.88. The van der Waals surface area contributed by atoms with E-state index in [1.807, 2.05) is 48.7 Å². The molecule has 0 N–H and O–H groups in total. The standard InChI is InChI=1S/C17H14N4O3S2/c1-10(14-18-20-16(23-14)13-8-5-9-25-13)26-17-21-19-15(24-17)11-6-3-4-7-12(11)22-2/h3-10H,1-2H3. The van der Waals surface area contributed by atoms with Crippen LogP contribution < -0.4 is 4.74 Å². The summed E-state index contributed by atoms with van der Waals surface area (Å²) in [6, 6.07) is 11.4. The zero-order chi connectivity index (χ0) is 17.9. The molecule has 1 aromatic carbocycles. The molecule has 0 radical (unpaired) electrons. The molecule has 4 rings (SSSR count). The van der Waals surface area contributed by atoms with Crippen LogP contribution in [0.3, 0.4) is 0 Å². The van der Waals surface area contributed by atoms with Gasteiger partial charge in [0.15, 0.2) is 0 Å². The first-order valence-corrected chi connectivity index (χ1v) is 9.51.